The first-order valence-corrected chi connectivity index (χ1v) is 12.1. The van der Waals surface area contributed by atoms with E-state index in [1.165, 1.54) is 5.56 Å². The van der Waals surface area contributed by atoms with Gasteiger partial charge in [-0.1, -0.05) is 73.3 Å². The molecule has 5 heteroatoms. The monoisotopic (exact) mass is 433 g/mol. The van der Waals surface area contributed by atoms with Crippen LogP contribution in [0.4, 0.5) is 5.69 Å². The van der Waals surface area contributed by atoms with Crippen LogP contribution in [0, 0.1) is 0 Å². The molecule has 1 aliphatic rings. The molecule has 0 N–H and O–H groups in total. The average Bonchev–Trinajstić information content (AvgIpc) is 2.94. The summed E-state index contributed by atoms with van der Waals surface area (Å²) in [6, 6.07) is 27.8. The maximum absolute atomic E-state index is 13.0. The summed E-state index contributed by atoms with van der Waals surface area (Å²) in [7, 11) is -2.15. The fraction of sp³-hybridized carbons (Fsp3) is 0.120. The predicted octanol–water partition coefficient (Wildman–Crippen LogP) is 6.05. The average molecular weight is 434 g/mol. The lowest BCUT2D eigenvalue weighted by Gasteiger charge is -2.32. The number of para-hydroxylation sites is 2. The van der Waals surface area contributed by atoms with Gasteiger partial charge in [0.15, 0.2) is 4.32 Å². The van der Waals surface area contributed by atoms with Crippen LogP contribution in [-0.4, -0.2) is 16.5 Å². The van der Waals surface area contributed by atoms with Crippen LogP contribution in [0.1, 0.15) is 11.1 Å². The third-order valence-corrected chi connectivity index (χ3v) is 8.81. The molecule has 1 unspecified atom stereocenters. The van der Waals surface area contributed by atoms with E-state index < -0.39 is 10.3 Å². The van der Waals surface area contributed by atoms with Crippen molar-refractivity contribution in [3.8, 4) is 5.75 Å². The fourth-order valence-electron chi connectivity index (χ4n) is 3.43. The Morgan fingerprint density at radius 2 is 1.50 bits per heavy atom. The van der Waals surface area contributed by atoms with Gasteiger partial charge in [0.1, 0.15) is 5.75 Å². The Balaban J connectivity index is 1.60. The van der Waals surface area contributed by atoms with Crippen molar-refractivity contribution in [1.82, 2.24) is 0 Å². The van der Waals surface area contributed by atoms with Gasteiger partial charge < -0.3 is 4.18 Å². The van der Waals surface area contributed by atoms with Crippen molar-refractivity contribution in [3.05, 3.63) is 108 Å². The number of hydrogen-bond acceptors (Lipinski definition) is 3. The van der Waals surface area contributed by atoms with Crippen LogP contribution in [0.5, 0.6) is 5.75 Å². The van der Waals surface area contributed by atoms with E-state index in [-0.39, 0.29) is 5.91 Å². The lowest BCUT2D eigenvalue weighted by atomic mass is 10.0. The molecule has 1 fully saturated rings. The fourth-order valence-corrected chi connectivity index (χ4v) is 5.89. The highest BCUT2D eigenvalue weighted by molar-refractivity contribution is 8.50. The summed E-state index contributed by atoms with van der Waals surface area (Å²) in [5, 5.41) is 0. The molecule has 1 aliphatic heterocycles. The SMILES string of the molecule is C=C1C(=O)N(c2ccccc2)C(=S)S1(C)Oc1ccccc1CCc1ccccc1. The molecule has 0 saturated carbocycles. The molecule has 1 saturated heterocycles. The molecule has 152 valence electrons. The van der Waals surface area contributed by atoms with Gasteiger partial charge in [0.05, 0.1) is 10.6 Å². The van der Waals surface area contributed by atoms with Crippen LogP contribution < -0.4 is 9.08 Å². The van der Waals surface area contributed by atoms with Gasteiger partial charge in [-0.25, -0.2) is 0 Å². The second kappa shape index (κ2) is 8.46. The quantitative estimate of drug-likeness (QED) is 0.350. The number of carbonyl (C=O) groups is 1. The summed E-state index contributed by atoms with van der Waals surface area (Å²) in [4.78, 5) is 15.0. The van der Waals surface area contributed by atoms with Gasteiger partial charge >= 0.3 is 0 Å². The molecular formula is C25H23NO2S2. The number of nitrogens with zero attached hydrogens (tertiary/aromatic N) is 1. The normalized spacial score (nSPS) is 20.8. The van der Waals surface area contributed by atoms with Crippen LogP contribution in [0.2, 0.25) is 0 Å². The van der Waals surface area contributed by atoms with E-state index in [0.29, 0.717) is 9.23 Å². The minimum atomic E-state index is -2.15. The molecule has 3 aromatic carbocycles. The zero-order valence-electron chi connectivity index (χ0n) is 16.8. The van der Waals surface area contributed by atoms with Crippen molar-refractivity contribution in [2.75, 3.05) is 11.2 Å². The Kier molecular flexibility index (Phi) is 5.75. The van der Waals surface area contributed by atoms with Crippen molar-refractivity contribution in [3.63, 3.8) is 0 Å². The standard InChI is InChI=1S/C25H23NO2S2/c1-19-24(27)26(22-14-7-4-8-15-22)25(29)30(19,2)28-23-16-10-9-13-21(23)18-17-20-11-5-3-6-12-20/h3-16H,1,17-18H2,2H3. The van der Waals surface area contributed by atoms with Crippen molar-refractivity contribution in [2.45, 2.75) is 12.8 Å². The molecule has 0 bridgehead atoms. The van der Waals surface area contributed by atoms with E-state index in [1.807, 2.05) is 73.0 Å². The molecule has 1 heterocycles. The highest BCUT2D eigenvalue weighted by Crippen LogP contribution is 2.60. The summed E-state index contributed by atoms with van der Waals surface area (Å²) in [6.07, 6.45) is 3.66. The van der Waals surface area contributed by atoms with Gasteiger partial charge in [-0.05, 0) is 64.7 Å². The topological polar surface area (TPSA) is 29.5 Å². The smallest absolute Gasteiger partial charge is 0.271 e. The van der Waals surface area contributed by atoms with Gasteiger partial charge in [-0.2, -0.15) is 0 Å². The van der Waals surface area contributed by atoms with Crippen molar-refractivity contribution in [1.29, 1.82) is 0 Å². The molecule has 4 rings (SSSR count). The molecule has 3 aromatic rings. The molecule has 0 aliphatic carbocycles. The van der Waals surface area contributed by atoms with E-state index in [9.17, 15) is 4.79 Å². The first-order chi connectivity index (χ1) is 14.5. The Bertz CT molecular complexity index is 1100. The molecule has 30 heavy (non-hydrogen) atoms. The van der Waals surface area contributed by atoms with E-state index in [1.54, 1.807) is 4.90 Å². The Morgan fingerprint density at radius 3 is 2.20 bits per heavy atom. The first kappa shape index (κ1) is 20.4. The minimum Gasteiger partial charge on any atom is -0.438 e. The zero-order chi connectivity index (χ0) is 21.1. The number of aryl methyl sites for hydroxylation is 2. The van der Waals surface area contributed by atoms with Gasteiger partial charge in [0, 0.05) is 6.26 Å². The molecule has 0 radical (unpaired) electrons. The summed E-state index contributed by atoms with van der Waals surface area (Å²) in [5.41, 5.74) is 3.11. The molecule has 3 nitrogen and oxygen atoms in total. The number of carbonyl (C=O) groups excluding carboxylic acids is 1. The van der Waals surface area contributed by atoms with Crippen LogP contribution in [0.15, 0.2) is 96.4 Å². The van der Waals surface area contributed by atoms with Gasteiger partial charge in [-0.3, -0.25) is 9.69 Å². The number of benzene rings is 3. The Morgan fingerprint density at radius 1 is 0.900 bits per heavy atom. The molecule has 0 spiro atoms. The highest BCUT2D eigenvalue weighted by atomic mass is 32.3. The maximum Gasteiger partial charge on any atom is 0.271 e. The van der Waals surface area contributed by atoms with E-state index >= 15 is 0 Å². The lowest BCUT2D eigenvalue weighted by Crippen LogP contribution is -2.29. The van der Waals surface area contributed by atoms with Crippen LogP contribution >= 0.6 is 22.5 Å². The van der Waals surface area contributed by atoms with Gasteiger partial charge in [0.2, 0.25) is 0 Å². The van der Waals surface area contributed by atoms with Crippen LogP contribution in [0.25, 0.3) is 0 Å². The third kappa shape index (κ3) is 3.78. The predicted molar refractivity (Wildman–Crippen MR) is 130 cm³/mol. The van der Waals surface area contributed by atoms with Crippen molar-refractivity contribution < 1.29 is 8.98 Å². The Labute approximate surface area is 184 Å². The summed E-state index contributed by atoms with van der Waals surface area (Å²) in [5.74, 6) is 0.572. The second-order valence-electron chi connectivity index (χ2n) is 7.19. The highest BCUT2D eigenvalue weighted by Gasteiger charge is 2.48. The third-order valence-electron chi connectivity index (χ3n) is 5.20. The van der Waals surface area contributed by atoms with E-state index in [2.05, 4.69) is 24.8 Å². The summed E-state index contributed by atoms with van der Waals surface area (Å²) >= 11 is 5.75. The molecule has 1 atom stereocenters. The number of rotatable bonds is 6. The minimum absolute atomic E-state index is 0.189. The molecular weight excluding hydrogens is 410 g/mol. The number of hydrogen-bond donors (Lipinski definition) is 0. The first-order valence-electron chi connectivity index (χ1n) is 9.73. The molecule has 1 amide bonds. The van der Waals surface area contributed by atoms with E-state index in [4.69, 9.17) is 16.4 Å². The number of anilines is 1. The van der Waals surface area contributed by atoms with Crippen molar-refractivity contribution in [2.24, 2.45) is 0 Å². The van der Waals surface area contributed by atoms with Gasteiger partial charge in [-0.15, -0.1) is 0 Å². The van der Waals surface area contributed by atoms with Crippen LogP contribution in [-0.2, 0) is 17.6 Å². The van der Waals surface area contributed by atoms with Crippen LogP contribution in [0.3, 0.4) is 0 Å². The largest absolute Gasteiger partial charge is 0.438 e. The molecule has 0 aromatic heterocycles. The number of amides is 1. The second-order valence-corrected chi connectivity index (χ2v) is 10.6. The zero-order valence-corrected chi connectivity index (χ0v) is 18.4. The van der Waals surface area contributed by atoms with Crippen molar-refractivity contribution >= 4 is 38.4 Å². The maximum atomic E-state index is 13.0. The number of thiocarbonyl (C=S) groups is 1. The summed E-state index contributed by atoms with van der Waals surface area (Å²) < 4.78 is 7.00. The Hall–Kier alpha value is -2.89. The lowest BCUT2D eigenvalue weighted by molar-refractivity contribution is -0.113. The van der Waals surface area contributed by atoms with E-state index in [0.717, 1.165) is 29.8 Å². The van der Waals surface area contributed by atoms with Gasteiger partial charge in [0.25, 0.3) is 5.91 Å². The summed E-state index contributed by atoms with van der Waals surface area (Å²) in [6.45, 7) is 4.07.